The first kappa shape index (κ1) is 20.6. The fraction of sp³-hybridized carbons (Fsp3) is 0.222. The number of benzene rings is 1. The van der Waals surface area contributed by atoms with Crippen molar-refractivity contribution in [2.75, 3.05) is 0 Å². The molecule has 0 radical (unpaired) electrons. The van der Waals surface area contributed by atoms with Crippen molar-refractivity contribution in [3.8, 4) is 11.8 Å². The Kier molecular flexibility index (Phi) is 5.23. The fourth-order valence-electron chi connectivity index (χ4n) is 2.91. The first-order valence-electron chi connectivity index (χ1n) is 8.12. The number of ether oxygens (including phenoxy) is 1. The number of fused-ring (bicyclic) bond motifs is 1. The number of primary amides is 1. The van der Waals surface area contributed by atoms with Crippen molar-refractivity contribution in [3.05, 3.63) is 52.3 Å². The molecule has 0 saturated carbocycles. The highest BCUT2D eigenvalue weighted by atomic mass is 79.9. The Labute approximate surface area is 171 Å². The number of halogens is 4. The van der Waals surface area contributed by atoms with Crippen molar-refractivity contribution in [2.45, 2.75) is 25.2 Å². The van der Waals surface area contributed by atoms with Gasteiger partial charge in [-0.2, -0.15) is 10.4 Å². The maximum Gasteiger partial charge on any atom is 0.573 e. The highest BCUT2D eigenvalue weighted by Gasteiger charge is 2.35. The van der Waals surface area contributed by atoms with E-state index in [-0.39, 0.29) is 17.7 Å². The normalized spacial score (nSPS) is 13.7. The largest absolute Gasteiger partial charge is 0.573 e. The van der Waals surface area contributed by atoms with Crippen LogP contribution < -0.4 is 10.5 Å². The number of nitrogens with zero attached hydrogens (tertiary/aromatic N) is 4. The van der Waals surface area contributed by atoms with Gasteiger partial charge in [0.05, 0.1) is 24.2 Å². The van der Waals surface area contributed by atoms with E-state index in [0.29, 0.717) is 15.6 Å². The van der Waals surface area contributed by atoms with Gasteiger partial charge in [0.15, 0.2) is 0 Å². The van der Waals surface area contributed by atoms with Crippen LogP contribution in [0.2, 0.25) is 0 Å². The summed E-state index contributed by atoms with van der Waals surface area (Å²) in [6.45, 7) is 1.41. The van der Waals surface area contributed by atoms with E-state index in [2.05, 4.69) is 30.7 Å². The molecule has 150 valence electrons. The van der Waals surface area contributed by atoms with Crippen LogP contribution >= 0.6 is 15.9 Å². The quantitative estimate of drug-likeness (QED) is 0.576. The van der Waals surface area contributed by atoms with E-state index in [1.54, 1.807) is 18.3 Å². The summed E-state index contributed by atoms with van der Waals surface area (Å²) in [5.41, 5.74) is 4.98. The summed E-state index contributed by atoms with van der Waals surface area (Å²) in [6, 6.07) is 8.54. The summed E-state index contributed by atoms with van der Waals surface area (Å²) < 4.78 is 43.8. The smallest absolute Gasteiger partial charge is 0.406 e. The molecule has 3 rings (SSSR count). The Bertz CT molecular complexity index is 1140. The number of hydrogen-bond donors (Lipinski definition) is 1. The molecule has 1 atom stereocenters. The molecule has 0 spiro atoms. The number of nitrogens with two attached hydrogens (primary N) is 1. The summed E-state index contributed by atoms with van der Waals surface area (Å²) in [6.07, 6.45) is -3.33. The molecule has 0 saturated heterocycles. The summed E-state index contributed by atoms with van der Waals surface area (Å²) in [5.74, 6) is -1.44. The number of aromatic nitrogens is 3. The van der Waals surface area contributed by atoms with Crippen LogP contribution in [0, 0.1) is 11.3 Å². The molecule has 3 aromatic rings. The molecule has 1 amide bonds. The molecule has 7 nitrogen and oxygen atoms in total. The zero-order chi connectivity index (χ0) is 21.4. The van der Waals surface area contributed by atoms with E-state index < -0.39 is 23.4 Å². The first-order valence-corrected chi connectivity index (χ1v) is 8.91. The lowest BCUT2D eigenvalue weighted by Crippen LogP contribution is -2.30. The second-order valence-electron chi connectivity index (χ2n) is 6.43. The lowest BCUT2D eigenvalue weighted by Gasteiger charge is -2.25. The maximum absolute atomic E-state index is 12.6. The number of alkyl halides is 3. The molecule has 1 unspecified atom stereocenters. The van der Waals surface area contributed by atoms with Crippen molar-refractivity contribution in [1.29, 1.82) is 5.26 Å². The minimum Gasteiger partial charge on any atom is -0.406 e. The average Bonchev–Trinajstić information content (AvgIpc) is 3.01. The second kappa shape index (κ2) is 7.36. The van der Waals surface area contributed by atoms with Gasteiger partial charge >= 0.3 is 6.36 Å². The predicted molar refractivity (Wildman–Crippen MR) is 99.8 cm³/mol. The molecule has 0 aliphatic carbocycles. The zero-order valence-electron chi connectivity index (χ0n) is 14.9. The van der Waals surface area contributed by atoms with Crippen LogP contribution in [0.1, 0.15) is 22.8 Å². The Morgan fingerprint density at radius 2 is 2.03 bits per heavy atom. The Morgan fingerprint density at radius 1 is 1.31 bits per heavy atom. The SMILES string of the molecule is CC(C#N)(Cn1cc2nc(Br)ccc2n1)c1cc(OC(F)(F)F)ccc1C(N)=O. The van der Waals surface area contributed by atoms with Gasteiger partial charge in [-0.05, 0) is 58.7 Å². The predicted octanol–water partition coefficient (Wildman–Crippen LogP) is 3.67. The van der Waals surface area contributed by atoms with Crippen molar-refractivity contribution >= 4 is 32.9 Å². The van der Waals surface area contributed by atoms with Crippen molar-refractivity contribution in [1.82, 2.24) is 14.8 Å². The number of pyridine rings is 1. The number of hydrogen-bond acceptors (Lipinski definition) is 5. The topological polar surface area (TPSA) is 107 Å². The van der Waals surface area contributed by atoms with Gasteiger partial charge in [0.2, 0.25) is 5.91 Å². The molecule has 0 aliphatic rings. The molecule has 2 aromatic heterocycles. The van der Waals surface area contributed by atoms with Gasteiger partial charge in [0.25, 0.3) is 0 Å². The zero-order valence-corrected chi connectivity index (χ0v) is 16.5. The van der Waals surface area contributed by atoms with Crippen LogP contribution in [-0.2, 0) is 12.0 Å². The summed E-state index contributed by atoms with van der Waals surface area (Å²) in [7, 11) is 0. The van der Waals surface area contributed by atoms with Crippen molar-refractivity contribution in [3.63, 3.8) is 0 Å². The van der Waals surface area contributed by atoms with Gasteiger partial charge in [-0.3, -0.25) is 9.48 Å². The van der Waals surface area contributed by atoms with E-state index in [4.69, 9.17) is 5.73 Å². The second-order valence-corrected chi connectivity index (χ2v) is 7.24. The highest BCUT2D eigenvalue weighted by Crippen LogP contribution is 2.33. The van der Waals surface area contributed by atoms with Crippen LogP contribution in [0.3, 0.4) is 0 Å². The van der Waals surface area contributed by atoms with E-state index in [1.165, 1.54) is 11.6 Å². The maximum atomic E-state index is 12.6. The first-order chi connectivity index (χ1) is 13.5. The number of carbonyl (C=O) groups excluding carboxylic acids is 1. The van der Waals surface area contributed by atoms with Crippen LogP contribution in [0.25, 0.3) is 11.0 Å². The van der Waals surface area contributed by atoms with E-state index in [0.717, 1.165) is 18.2 Å². The molecule has 1 aromatic carbocycles. The molecular weight excluding hydrogens is 455 g/mol. The average molecular weight is 468 g/mol. The molecule has 0 aliphatic heterocycles. The minimum absolute atomic E-state index is 0.00273. The monoisotopic (exact) mass is 467 g/mol. The van der Waals surface area contributed by atoms with Gasteiger partial charge in [-0.25, -0.2) is 4.98 Å². The standard InChI is InChI=1S/C18H13BrF3N5O2/c1-17(8-23,9-27-7-14-13(26-27)4-5-15(19)25-14)12-6-10(29-18(20,21)22)2-3-11(12)16(24)28/h2-7H,9H2,1H3,(H2,24,28). The number of carbonyl (C=O) groups is 1. The van der Waals surface area contributed by atoms with E-state index in [9.17, 15) is 23.2 Å². The number of rotatable bonds is 5. The molecular formula is C18H13BrF3N5O2. The van der Waals surface area contributed by atoms with Gasteiger partial charge in [-0.15, -0.1) is 13.2 Å². The molecule has 11 heteroatoms. The fourth-order valence-corrected chi connectivity index (χ4v) is 3.23. The lowest BCUT2D eigenvalue weighted by molar-refractivity contribution is -0.274. The van der Waals surface area contributed by atoms with Crippen LogP contribution in [0.4, 0.5) is 13.2 Å². The van der Waals surface area contributed by atoms with Crippen LogP contribution in [0.15, 0.2) is 41.1 Å². The summed E-state index contributed by atoms with van der Waals surface area (Å²) >= 11 is 3.25. The van der Waals surface area contributed by atoms with E-state index >= 15 is 0 Å². The Balaban J connectivity index is 2.06. The molecule has 29 heavy (non-hydrogen) atoms. The lowest BCUT2D eigenvalue weighted by atomic mass is 9.80. The van der Waals surface area contributed by atoms with E-state index in [1.807, 2.05) is 6.07 Å². The van der Waals surface area contributed by atoms with Crippen LogP contribution in [0.5, 0.6) is 5.75 Å². The minimum atomic E-state index is -4.92. The highest BCUT2D eigenvalue weighted by molar-refractivity contribution is 9.10. The molecule has 2 heterocycles. The Hall–Kier alpha value is -3.13. The summed E-state index contributed by atoms with van der Waals surface area (Å²) in [4.78, 5) is 16.1. The molecule has 0 fully saturated rings. The van der Waals surface area contributed by atoms with Gasteiger partial charge in [0.1, 0.15) is 21.4 Å². The number of nitriles is 1. The third-order valence-corrected chi connectivity index (χ3v) is 4.63. The molecule has 2 N–H and O–H groups in total. The van der Waals surface area contributed by atoms with Crippen molar-refractivity contribution < 1.29 is 22.7 Å². The van der Waals surface area contributed by atoms with Crippen LogP contribution in [-0.4, -0.2) is 27.0 Å². The Morgan fingerprint density at radius 3 is 2.66 bits per heavy atom. The third kappa shape index (κ3) is 4.48. The molecule has 0 bridgehead atoms. The number of amides is 1. The van der Waals surface area contributed by atoms with Gasteiger partial charge in [0, 0.05) is 5.56 Å². The summed E-state index contributed by atoms with van der Waals surface area (Å²) in [5, 5.41) is 14.1. The van der Waals surface area contributed by atoms with Gasteiger partial charge in [-0.1, -0.05) is 0 Å². The van der Waals surface area contributed by atoms with Crippen molar-refractivity contribution in [2.24, 2.45) is 5.73 Å². The van der Waals surface area contributed by atoms with Gasteiger partial charge < -0.3 is 10.5 Å². The third-order valence-electron chi connectivity index (χ3n) is 4.19.